The third-order valence-corrected chi connectivity index (χ3v) is 2.30. The van der Waals surface area contributed by atoms with Gasteiger partial charge in [0.15, 0.2) is 0 Å². The highest BCUT2D eigenvalue weighted by Gasteiger charge is 2.16. The van der Waals surface area contributed by atoms with Gasteiger partial charge in [0.2, 0.25) is 0 Å². The predicted octanol–water partition coefficient (Wildman–Crippen LogP) is 1.02. The standard InChI is InChI=1S/C7H6N2OS/c10-7-1-2-8-5-3-11-4-6(5)9-7/h2-3H,1,4H2. The number of hydrogen-bond donors (Lipinski definition) is 0. The second-order valence-electron chi connectivity index (χ2n) is 2.28. The van der Waals surface area contributed by atoms with E-state index in [-0.39, 0.29) is 5.91 Å². The van der Waals surface area contributed by atoms with Crippen molar-refractivity contribution in [3.05, 3.63) is 11.1 Å². The Kier molecular flexibility index (Phi) is 1.62. The Morgan fingerprint density at radius 2 is 2.45 bits per heavy atom. The van der Waals surface area contributed by atoms with Crippen molar-refractivity contribution in [1.29, 1.82) is 0 Å². The summed E-state index contributed by atoms with van der Waals surface area (Å²) in [5, 5.41) is 1.94. The van der Waals surface area contributed by atoms with Crippen LogP contribution < -0.4 is 0 Å². The number of rotatable bonds is 0. The molecule has 2 rings (SSSR count). The molecule has 0 radical (unpaired) electrons. The lowest BCUT2D eigenvalue weighted by Gasteiger charge is -1.91. The van der Waals surface area contributed by atoms with Crippen LogP contribution in [0.5, 0.6) is 0 Å². The Bertz CT molecular complexity index is 291. The van der Waals surface area contributed by atoms with E-state index in [1.165, 1.54) is 0 Å². The molecule has 0 spiro atoms. The SMILES string of the molecule is O=C1CC=NC2=CSCC2=N1. The van der Waals surface area contributed by atoms with Gasteiger partial charge in [0.25, 0.3) is 5.91 Å². The fraction of sp³-hybridized carbons (Fsp3) is 0.286. The fourth-order valence-electron chi connectivity index (χ4n) is 0.954. The number of allylic oxidation sites excluding steroid dienone is 1. The van der Waals surface area contributed by atoms with Gasteiger partial charge in [-0.15, -0.1) is 11.8 Å². The average Bonchev–Trinajstić information content (AvgIpc) is 2.31. The minimum absolute atomic E-state index is 0.0883. The van der Waals surface area contributed by atoms with Crippen LogP contribution in [0.1, 0.15) is 6.42 Å². The molecule has 1 amide bonds. The Labute approximate surface area is 68.3 Å². The van der Waals surface area contributed by atoms with Crippen LogP contribution in [0.4, 0.5) is 0 Å². The number of carbonyl (C=O) groups excluding carboxylic acids is 1. The van der Waals surface area contributed by atoms with E-state index >= 15 is 0 Å². The smallest absolute Gasteiger partial charge is 0.251 e. The summed E-state index contributed by atoms with van der Waals surface area (Å²) < 4.78 is 0. The summed E-state index contributed by atoms with van der Waals surface area (Å²) in [5.74, 6) is 0.702. The second-order valence-corrected chi connectivity index (χ2v) is 3.14. The molecule has 4 heteroatoms. The van der Waals surface area contributed by atoms with Crippen molar-refractivity contribution >= 4 is 29.6 Å². The summed E-state index contributed by atoms with van der Waals surface area (Å²) >= 11 is 1.63. The lowest BCUT2D eigenvalue weighted by molar-refractivity contribution is -0.116. The van der Waals surface area contributed by atoms with E-state index in [9.17, 15) is 4.79 Å². The molecule has 0 unspecified atom stereocenters. The van der Waals surface area contributed by atoms with Crippen LogP contribution >= 0.6 is 11.8 Å². The molecule has 0 saturated heterocycles. The highest BCUT2D eigenvalue weighted by atomic mass is 32.2. The van der Waals surface area contributed by atoms with Gasteiger partial charge in [-0.1, -0.05) is 0 Å². The first kappa shape index (κ1) is 6.79. The molecule has 0 fully saturated rings. The number of hydrogen-bond acceptors (Lipinski definition) is 3. The second kappa shape index (κ2) is 2.62. The van der Waals surface area contributed by atoms with E-state index in [2.05, 4.69) is 9.98 Å². The number of nitrogens with zero attached hydrogens (tertiary/aromatic N) is 2. The van der Waals surface area contributed by atoms with E-state index in [4.69, 9.17) is 0 Å². The number of amides is 1. The van der Waals surface area contributed by atoms with Crippen LogP contribution in [0.15, 0.2) is 21.1 Å². The van der Waals surface area contributed by atoms with Gasteiger partial charge in [-0.2, -0.15) is 0 Å². The summed E-state index contributed by atoms with van der Waals surface area (Å²) in [4.78, 5) is 18.9. The van der Waals surface area contributed by atoms with Crippen molar-refractivity contribution < 1.29 is 4.79 Å². The monoisotopic (exact) mass is 166 g/mol. The predicted molar refractivity (Wildman–Crippen MR) is 46.1 cm³/mol. The topological polar surface area (TPSA) is 41.8 Å². The van der Waals surface area contributed by atoms with Crippen LogP contribution in [0.2, 0.25) is 0 Å². The van der Waals surface area contributed by atoms with Crippen molar-refractivity contribution in [2.45, 2.75) is 6.42 Å². The van der Waals surface area contributed by atoms with Crippen molar-refractivity contribution in [3.8, 4) is 0 Å². The average molecular weight is 166 g/mol. The summed E-state index contributed by atoms with van der Waals surface area (Å²) in [7, 11) is 0. The molecule has 3 nitrogen and oxygen atoms in total. The Morgan fingerprint density at radius 3 is 3.36 bits per heavy atom. The van der Waals surface area contributed by atoms with Gasteiger partial charge in [-0.25, -0.2) is 4.99 Å². The van der Waals surface area contributed by atoms with Crippen molar-refractivity contribution in [1.82, 2.24) is 0 Å². The normalized spacial score (nSPS) is 22.4. The number of thioether (sulfide) groups is 1. The quantitative estimate of drug-likeness (QED) is 0.539. The minimum atomic E-state index is -0.0883. The van der Waals surface area contributed by atoms with Crippen LogP contribution in [0.3, 0.4) is 0 Å². The molecule has 0 aromatic carbocycles. The molecule has 2 heterocycles. The van der Waals surface area contributed by atoms with Gasteiger partial charge < -0.3 is 0 Å². The molecule has 0 aliphatic carbocycles. The third kappa shape index (κ3) is 1.26. The van der Waals surface area contributed by atoms with E-state index in [0.29, 0.717) is 6.42 Å². The van der Waals surface area contributed by atoms with Gasteiger partial charge in [-0.3, -0.25) is 9.79 Å². The van der Waals surface area contributed by atoms with E-state index in [1.54, 1.807) is 18.0 Å². The maximum Gasteiger partial charge on any atom is 0.251 e. The maximum absolute atomic E-state index is 10.9. The van der Waals surface area contributed by atoms with Crippen LogP contribution in [-0.2, 0) is 4.79 Å². The van der Waals surface area contributed by atoms with E-state index in [0.717, 1.165) is 17.2 Å². The molecule has 2 aliphatic rings. The minimum Gasteiger partial charge on any atom is -0.272 e. The molecular formula is C7H6N2OS. The van der Waals surface area contributed by atoms with Crippen molar-refractivity contribution in [2.75, 3.05) is 5.75 Å². The zero-order chi connectivity index (χ0) is 7.68. The summed E-state index contributed by atoms with van der Waals surface area (Å²) in [5.41, 5.74) is 1.69. The molecule has 0 bridgehead atoms. The third-order valence-electron chi connectivity index (χ3n) is 1.47. The zero-order valence-corrected chi connectivity index (χ0v) is 6.60. The Hall–Kier alpha value is -0.900. The molecule has 56 valence electrons. The lowest BCUT2D eigenvalue weighted by atomic mass is 10.3. The summed E-state index contributed by atoms with van der Waals surface area (Å²) in [6.07, 6.45) is 1.96. The molecule has 0 atom stereocenters. The highest BCUT2D eigenvalue weighted by molar-refractivity contribution is 8.03. The molecule has 11 heavy (non-hydrogen) atoms. The van der Waals surface area contributed by atoms with Gasteiger partial charge in [0.1, 0.15) is 0 Å². The van der Waals surface area contributed by atoms with Gasteiger partial charge in [0.05, 0.1) is 17.8 Å². The van der Waals surface area contributed by atoms with Crippen LogP contribution in [-0.4, -0.2) is 23.6 Å². The van der Waals surface area contributed by atoms with Crippen LogP contribution in [0.25, 0.3) is 0 Å². The van der Waals surface area contributed by atoms with Crippen LogP contribution in [0, 0.1) is 0 Å². The lowest BCUT2D eigenvalue weighted by Crippen LogP contribution is -2.01. The highest BCUT2D eigenvalue weighted by Crippen LogP contribution is 2.21. The summed E-state index contributed by atoms with van der Waals surface area (Å²) in [6.45, 7) is 0. The first-order chi connectivity index (χ1) is 5.36. The Balaban J connectivity index is 2.41. The summed E-state index contributed by atoms with van der Waals surface area (Å²) in [6, 6.07) is 0. The molecule has 0 saturated carbocycles. The molecular weight excluding hydrogens is 160 g/mol. The van der Waals surface area contributed by atoms with Crippen molar-refractivity contribution in [2.24, 2.45) is 9.98 Å². The van der Waals surface area contributed by atoms with Crippen molar-refractivity contribution in [3.63, 3.8) is 0 Å². The molecule has 0 aromatic heterocycles. The molecule has 0 aromatic rings. The zero-order valence-electron chi connectivity index (χ0n) is 5.78. The van der Waals surface area contributed by atoms with Gasteiger partial charge in [-0.05, 0) is 5.41 Å². The van der Waals surface area contributed by atoms with E-state index < -0.39 is 0 Å². The molecule has 2 aliphatic heterocycles. The molecule has 0 N–H and O–H groups in total. The largest absolute Gasteiger partial charge is 0.272 e. The Morgan fingerprint density at radius 1 is 1.55 bits per heavy atom. The van der Waals surface area contributed by atoms with Gasteiger partial charge >= 0.3 is 0 Å². The first-order valence-corrected chi connectivity index (χ1v) is 4.36. The van der Waals surface area contributed by atoms with Gasteiger partial charge in [0, 0.05) is 12.0 Å². The number of carbonyl (C=O) groups is 1. The first-order valence-electron chi connectivity index (χ1n) is 3.31. The fourth-order valence-corrected chi connectivity index (χ4v) is 1.76. The number of aliphatic imine (C=N–C) groups is 2. The number of fused-ring (bicyclic) bond motifs is 1. The van der Waals surface area contributed by atoms with E-state index in [1.807, 2.05) is 5.41 Å². The maximum atomic E-state index is 10.9.